The number of aromatic nitrogens is 3. The van der Waals surface area contributed by atoms with Crippen molar-refractivity contribution in [2.45, 2.75) is 89.4 Å². The number of likely N-dealkylation sites (tertiary alicyclic amines) is 1. The molecule has 2 aromatic heterocycles. The van der Waals surface area contributed by atoms with Crippen LogP contribution in [0.3, 0.4) is 0 Å². The lowest BCUT2D eigenvalue weighted by atomic mass is 9.83. The largest absolute Gasteiger partial charge is 0.474 e. The van der Waals surface area contributed by atoms with Crippen LogP contribution in [-0.4, -0.2) is 63.3 Å². The fourth-order valence-corrected chi connectivity index (χ4v) is 4.85. The highest BCUT2D eigenvalue weighted by Crippen LogP contribution is 2.38. The summed E-state index contributed by atoms with van der Waals surface area (Å²) in [6.07, 6.45) is 11.7. The molecule has 1 aliphatic heterocycles. The maximum absolute atomic E-state index is 9.95. The minimum atomic E-state index is -0.177. The predicted molar refractivity (Wildman–Crippen MR) is 124 cm³/mol. The van der Waals surface area contributed by atoms with Gasteiger partial charge in [0.1, 0.15) is 6.10 Å². The second kappa shape index (κ2) is 10.1. The Bertz CT molecular complexity index is 860. The van der Waals surface area contributed by atoms with E-state index in [9.17, 15) is 5.11 Å². The van der Waals surface area contributed by atoms with Gasteiger partial charge in [-0.2, -0.15) is 0 Å². The standard InChI is InChI=1S/C24H37N5O2/c1-4-5-16(2)27-24-26-15-21-22(28-24)20(17-6-8-18(30)9-7-17)14-25-23(21)31-19-10-12-29(3)13-11-19/h14-19,30H,4-13H2,1-3H3,(H,26,27,28)/t16-,17?,18?/m1/s1. The number of anilines is 1. The van der Waals surface area contributed by atoms with E-state index in [1.54, 1.807) is 0 Å². The molecule has 1 saturated carbocycles. The Morgan fingerprint density at radius 3 is 2.58 bits per heavy atom. The van der Waals surface area contributed by atoms with Crippen molar-refractivity contribution < 1.29 is 9.84 Å². The van der Waals surface area contributed by atoms with Crippen LogP contribution < -0.4 is 10.1 Å². The zero-order valence-corrected chi connectivity index (χ0v) is 19.2. The van der Waals surface area contributed by atoms with E-state index in [0.29, 0.717) is 23.8 Å². The number of hydrogen-bond donors (Lipinski definition) is 2. The van der Waals surface area contributed by atoms with E-state index in [1.165, 1.54) is 0 Å². The number of nitrogens with one attached hydrogen (secondary N) is 1. The van der Waals surface area contributed by atoms with Gasteiger partial charge in [0.15, 0.2) is 0 Å². The minimum Gasteiger partial charge on any atom is -0.474 e. The van der Waals surface area contributed by atoms with Crippen molar-refractivity contribution in [1.82, 2.24) is 19.9 Å². The lowest BCUT2D eigenvalue weighted by Crippen LogP contribution is -2.35. The third kappa shape index (κ3) is 5.44. The van der Waals surface area contributed by atoms with E-state index in [1.807, 2.05) is 12.4 Å². The Labute approximate surface area is 185 Å². The highest BCUT2D eigenvalue weighted by Gasteiger charge is 2.26. The molecule has 31 heavy (non-hydrogen) atoms. The van der Waals surface area contributed by atoms with E-state index >= 15 is 0 Å². The number of nitrogens with zero attached hydrogens (tertiary/aromatic N) is 4. The van der Waals surface area contributed by atoms with E-state index < -0.39 is 0 Å². The zero-order valence-electron chi connectivity index (χ0n) is 19.2. The Morgan fingerprint density at radius 2 is 1.87 bits per heavy atom. The Hall–Kier alpha value is -1.99. The summed E-state index contributed by atoms with van der Waals surface area (Å²) in [6.45, 7) is 6.45. The molecule has 0 spiro atoms. The summed E-state index contributed by atoms with van der Waals surface area (Å²) in [7, 11) is 2.15. The first-order valence-electron chi connectivity index (χ1n) is 12.0. The molecule has 2 fully saturated rings. The van der Waals surface area contributed by atoms with Gasteiger partial charge >= 0.3 is 0 Å². The number of aliphatic hydroxyl groups is 1. The van der Waals surface area contributed by atoms with Crippen LogP contribution >= 0.6 is 0 Å². The predicted octanol–water partition coefficient (Wildman–Crippen LogP) is 4.12. The number of hydrogen-bond acceptors (Lipinski definition) is 7. The molecule has 1 atom stereocenters. The quantitative estimate of drug-likeness (QED) is 0.688. The first-order chi connectivity index (χ1) is 15.0. The number of piperidine rings is 1. The van der Waals surface area contributed by atoms with Gasteiger partial charge in [-0.05, 0) is 64.8 Å². The molecule has 0 radical (unpaired) electrons. The zero-order chi connectivity index (χ0) is 21.8. The fourth-order valence-electron chi connectivity index (χ4n) is 4.85. The van der Waals surface area contributed by atoms with Gasteiger partial charge in [-0.15, -0.1) is 0 Å². The number of rotatable bonds is 7. The molecule has 1 saturated heterocycles. The molecule has 1 aliphatic carbocycles. The summed E-state index contributed by atoms with van der Waals surface area (Å²) in [5.41, 5.74) is 2.10. The second-order valence-electron chi connectivity index (χ2n) is 9.43. The number of pyridine rings is 1. The Kier molecular flexibility index (Phi) is 7.23. The van der Waals surface area contributed by atoms with E-state index in [0.717, 1.165) is 80.9 Å². The maximum Gasteiger partial charge on any atom is 0.224 e. The van der Waals surface area contributed by atoms with Crippen LogP contribution in [-0.2, 0) is 0 Å². The maximum atomic E-state index is 9.95. The summed E-state index contributed by atoms with van der Waals surface area (Å²) in [4.78, 5) is 16.6. The molecule has 2 N–H and O–H groups in total. The molecule has 7 heteroatoms. The molecular formula is C24H37N5O2. The molecule has 0 amide bonds. The van der Waals surface area contributed by atoms with Gasteiger partial charge in [0.2, 0.25) is 11.8 Å². The first-order valence-corrected chi connectivity index (χ1v) is 12.0. The number of ether oxygens (including phenoxy) is 1. The van der Waals surface area contributed by atoms with Gasteiger partial charge in [0.25, 0.3) is 0 Å². The summed E-state index contributed by atoms with van der Waals surface area (Å²) >= 11 is 0. The van der Waals surface area contributed by atoms with Crippen molar-refractivity contribution in [3.8, 4) is 5.88 Å². The monoisotopic (exact) mass is 427 g/mol. The van der Waals surface area contributed by atoms with Crippen LogP contribution in [0.15, 0.2) is 12.4 Å². The van der Waals surface area contributed by atoms with E-state index in [4.69, 9.17) is 14.7 Å². The third-order valence-corrected chi connectivity index (χ3v) is 6.79. The third-order valence-electron chi connectivity index (χ3n) is 6.79. The molecule has 4 rings (SSSR count). The Morgan fingerprint density at radius 1 is 1.13 bits per heavy atom. The fraction of sp³-hybridized carbons (Fsp3) is 0.708. The van der Waals surface area contributed by atoms with Crippen LogP contribution in [0, 0.1) is 0 Å². The average Bonchev–Trinajstić information content (AvgIpc) is 2.76. The summed E-state index contributed by atoms with van der Waals surface area (Å²) < 4.78 is 6.36. The smallest absolute Gasteiger partial charge is 0.224 e. The van der Waals surface area contributed by atoms with Crippen molar-refractivity contribution in [3.63, 3.8) is 0 Å². The molecule has 0 aromatic carbocycles. The van der Waals surface area contributed by atoms with Gasteiger partial charge < -0.3 is 20.1 Å². The van der Waals surface area contributed by atoms with Crippen molar-refractivity contribution in [2.75, 3.05) is 25.5 Å². The van der Waals surface area contributed by atoms with Gasteiger partial charge in [0.05, 0.1) is 17.0 Å². The molecule has 0 bridgehead atoms. The molecule has 3 heterocycles. The van der Waals surface area contributed by atoms with Crippen LogP contribution in [0.2, 0.25) is 0 Å². The highest BCUT2D eigenvalue weighted by molar-refractivity contribution is 5.86. The highest BCUT2D eigenvalue weighted by atomic mass is 16.5. The second-order valence-corrected chi connectivity index (χ2v) is 9.43. The van der Waals surface area contributed by atoms with Crippen molar-refractivity contribution in [3.05, 3.63) is 18.0 Å². The molecule has 0 unspecified atom stereocenters. The normalized spacial score (nSPS) is 24.3. The van der Waals surface area contributed by atoms with Crippen molar-refractivity contribution in [1.29, 1.82) is 0 Å². The summed E-state index contributed by atoms with van der Waals surface area (Å²) in [5, 5.41) is 14.3. The SMILES string of the molecule is CCC[C@@H](C)Nc1ncc2c(OC3CCN(C)CC3)ncc(C3CCC(O)CC3)c2n1. The molecule has 2 aromatic rings. The average molecular weight is 428 g/mol. The minimum absolute atomic E-state index is 0.177. The summed E-state index contributed by atoms with van der Waals surface area (Å²) in [6, 6.07) is 0.326. The van der Waals surface area contributed by atoms with Gasteiger partial charge in [-0.1, -0.05) is 13.3 Å². The molecule has 170 valence electrons. The van der Waals surface area contributed by atoms with Crippen LogP contribution in [0.25, 0.3) is 10.9 Å². The number of fused-ring (bicyclic) bond motifs is 1. The summed E-state index contributed by atoms with van der Waals surface area (Å²) in [5.74, 6) is 1.69. The molecular weight excluding hydrogens is 390 g/mol. The topological polar surface area (TPSA) is 83.4 Å². The van der Waals surface area contributed by atoms with Crippen molar-refractivity contribution in [2.24, 2.45) is 0 Å². The molecule has 2 aliphatic rings. The van der Waals surface area contributed by atoms with Gasteiger partial charge in [0, 0.05) is 37.1 Å². The Balaban J connectivity index is 1.65. The van der Waals surface area contributed by atoms with Crippen LogP contribution in [0.1, 0.15) is 76.7 Å². The van der Waals surface area contributed by atoms with Gasteiger partial charge in [-0.25, -0.2) is 15.0 Å². The lowest BCUT2D eigenvalue weighted by molar-refractivity contribution is 0.111. The first kappa shape index (κ1) is 22.2. The van der Waals surface area contributed by atoms with Crippen LogP contribution in [0.5, 0.6) is 5.88 Å². The van der Waals surface area contributed by atoms with E-state index in [-0.39, 0.29) is 12.2 Å². The van der Waals surface area contributed by atoms with Crippen molar-refractivity contribution >= 4 is 16.9 Å². The van der Waals surface area contributed by atoms with E-state index in [2.05, 4.69) is 36.1 Å². The molecule has 7 nitrogen and oxygen atoms in total. The lowest BCUT2D eigenvalue weighted by Gasteiger charge is -2.30. The number of aliphatic hydroxyl groups excluding tert-OH is 1. The van der Waals surface area contributed by atoms with Gasteiger partial charge in [-0.3, -0.25) is 0 Å². The van der Waals surface area contributed by atoms with Crippen LogP contribution in [0.4, 0.5) is 5.95 Å².